The summed E-state index contributed by atoms with van der Waals surface area (Å²) >= 11 is 5.92. The highest BCUT2D eigenvalue weighted by Gasteiger charge is 2.30. The minimum Gasteiger partial charge on any atom is -0.478 e. The third-order valence-corrected chi connectivity index (χ3v) is 6.07. The van der Waals surface area contributed by atoms with Gasteiger partial charge in [0.05, 0.1) is 28.1 Å². The molecule has 0 spiro atoms. The lowest BCUT2D eigenvalue weighted by Gasteiger charge is -2.18. The van der Waals surface area contributed by atoms with Crippen molar-refractivity contribution in [1.82, 2.24) is 0 Å². The minimum absolute atomic E-state index is 0.0655. The largest absolute Gasteiger partial charge is 0.478 e. The quantitative estimate of drug-likeness (QED) is 0.396. The Balaban J connectivity index is 1.88. The topological polar surface area (TPSA) is 90.2 Å². The van der Waals surface area contributed by atoms with Gasteiger partial charge in [-0.15, -0.1) is 0 Å². The number of carboxylic acids is 1. The first-order valence-corrected chi connectivity index (χ1v) is 11.2. The fourth-order valence-electron chi connectivity index (χ4n) is 3.63. The fraction of sp³-hybridized carbons (Fsp3) is 0.222. The zero-order valence-corrected chi connectivity index (χ0v) is 19.4. The number of carbonyl (C=O) groups is 2. The van der Waals surface area contributed by atoms with E-state index in [0.29, 0.717) is 23.6 Å². The molecule has 0 aromatic heterocycles. The molecule has 0 saturated heterocycles. The Bertz CT molecular complexity index is 1220. The van der Waals surface area contributed by atoms with Gasteiger partial charge in [0.15, 0.2) is 5.82 Å². The predicted octanol–water partition coefficient (Wildman–Crippen LogP) is 6.62. The molecule has 2 aromatic carbocycles. The van der Waals surface area contributed by atoms with E-state index in [1.807, 2.05) is 13.0 Å². The summed E-state index contributed by atoms with van der Waals surface area (Å²) in [5.74, 6) is -1.90. The van der Waals surface area contributed by atoms with Gasteiger partial charge in [0.25, 0.3) is 0 Å². The molecule has 0 aliphatic heterocycles. The summed E-state index contributed by atoms with van der Waals surface area (Å²) in [6, 6.07) is 10.7. The maximum atomic E-state index is 14.7. The maximum Gasteiger partial charge on any atom is 0.335 e. The Morgan fingerprint density at radius 3 is 2.50 bits per heavy atom. The summed E-state index contributed by atoms with van der Waals surface area (Å²) in [6.07, 6.45) is 7.62. The lowest BCUT2D eigenvalue weighted by molar-refractivity contribution is -0.119. The number of amides is 1. The Morgan fingerprint density at radius 2 is 1.94 bits per heavy atom. The predicted molar refractivity (Wildman–Crippen MR) is 131 cm³/mol. The van der Waals surface area contributed by atoms with Gasteiger partial charge in [-0.2, -0.15) is 5.26 Å². The third-order valence-electron chi connectivity index (χ3n) is 5.78. The second kappa shape index (κ2) is 11.0. The van der Waals surface area contributed by atoms with Crippen LogP contribution in [0.1, 0.15) is 47.7 Å². The van der Waals surface area contributed by atoms with Crippen LogP contribution >= 0.6 is 11.6 Å². The number of benzene rings is 2. The van der Waals surface area contributed by atoms with Crippen LogP contribution in [0.15, 0.2) is 66.8 Å². The number of hydrogen-bond donors (Lipinski definition) is 2. The second-order valence-electron chi connectivity index (χ2n) is 8.24. The van der Waals surface area contributed by atoms with Crippen molar-refractivity contribution in [2.45, 2.75) is 26.2 Å². The van der Waals surface area contributed by atoms with E-state index in [1.165, 1.54) is 30.3 Å². The smallest absolute Gasteiger partial charge is 0.335 e. The molecule has 0 heterocycles. The van der Waals surface area contributed by atoms with E-state index in [4.69, 9.17) is 16.7 Å². The van der Waals surface area contributed by atoms with Crippen LogP contribution in [0.2, 0.25) is 5.02 Å². The standard InChI is InChI=1S/C27H24ClFN2O3/c1-3-18(24-20(15-30)10-13-23(28)25(24)29)7-4-16(2)22(14-17-5-6-17)26(32)31-21-11-8-19(9-12-21)27(33)34/h3-4,7-13,17,22H,1,5-6,14H2,2H3,(H,31,32)(H,33,34)/b16-4+,18-7+. The first-order chi connectivity index (χ1) is 16.2. The summed E-state index contributed by atoms with van der Waals surface area (Å²) in [6.45, 7) is 5.57. The van der Waals surface area contributed by atoms with Crippen molar-refractivity contribution in [3.63, 3.8) is 0 Å². The molecule has 1 saturated carbocycles. The molecule has 174 valence electrons. The van der Waals surface area contributed by atoms with Gasteiger partial charge in [-0.05, 0) is 61.2 Å². The highest BCUT2D eigenvalue weighted by Crippen LogP contribution is 2.38. The molecule has 1 fully saturated rings. The van der Waals surface area contributed by atoms with Crippen LogP contribution in [0.5, 0.6) is 0 Å². The lowest BCUT2D eigenvalue weighted by Crippen LogP contribution is -2.24. The normalized spacial score (nSPS) is 14.8. The van der Waals surface area contributed by atoms with Gasteiger partial charge in [0, 0.05) is 11.3 Å². The second-order valence-corrected chi connectivity index (χ2v) is 8.64. The van der Waals surface area contributed by atoms with Crippen LogP contribution in [0, 0.1) is 29.0 Å². The molecule has 2 N–H and O–H groups in total. The first-order valence-electron chi connectivity index (χ1n) is 10.8. The number of aromatic carboxylic acids is 1. The summed E-state index contributed by atoms with van der Waals surface area (Å²) in [7, 11) is 0. The Morgan fingerprint density at radius 1 is 1.26 bits per heavy atom. The number of carboxylic acid groups (broad SMARTS) is 1. The molecule has 3 rings (SSSR count). The number of allylic oxidation sites excluding steroid dienone is 4. The molecule has 1 aliphatic rings. The molecule has 0 bridgehead atoms. The van der Waals surface area contributed by atoms with E-state index in [9.17, 15) is 19.2 Å². The van der Waals surface area contributed by atoms with Crippen LogP contribution in [0.4, 0.5) is 10.1 Å². The maximum absolute atomic E-state index is 14.7. The van der Waals surface area contributed by atoms with Crippen molar-refractivity contribution in [2.75, 3.05) is 5.32 Å². The average molecular weight is 479 g/mol. The highest BCUT2D eigenvalue weighted by molar-refractivity contribution is 6.31. The van der Waals surface area contributed by atoms with Gasteiger partial charge in [0.2, 0.25) is 5.91 Å². The molecule has 0 radical (unpaired) electrons. The summed E-state index contributed by atoms with van der Waals surface area (Å²) in [5.41, 5.74) is 1.99. The van der Waals surface area contributed by atoms with Crippen molar-refractivity contribution < 1.29 is 19.1 Å². The van der Waals surface area contributed by atoms with E-state index in [0.717, 1.165) is 18.4 Å². The molecule has 1 atom stereocenters. The van der Waals surface area contributed by atoms with Crippen molar-refractivity contribution >= 4 is 34.7 Å². The van der Waals surface area contributed by atoms with Gasteiger partial charge < -0.3 is 10.4 Å². The number of nitrogens with one attached hydrogen (secondary N) is 1. The Hall–Kier alpha value is -3.69. The zero-order valence-electron chi connectivity index (χ0n) is 18.6. The number of anilines is 1. The molecular formula is C27H24ClFN2O3. The first kappa shape index (κ1) is 24.9. The van der Waals surface area contributed by atoms with E-state index >= 15 is 0 Å². The van der Waals surface area contributed by atoms with Crippen LogP contribution in [0.3, 0.4) is 0 Å². The molecule has 1 unspecified atom stereocenters. The lowest BCUT2D eigenvalue weighted by atomic mass is 9.91. The molecule has 1 amide bonds. The van der Waals surface area contributed by atoms with Crippen molar-refractivity contribution in [2.24, 2.45) is 11.8 Å². The molecule has 2 aromatic rings. The molecule has 34 heavy (non-hydrogen) atoms. The van der Waals surface area contributed by atoms with Gasteiger partial charge in [-0.3, -0.25) is 4.79 Å². The van der Waals surface area contributed by atoms with Gasteiger partial charge in [-0.1, -0.05) is 54.8 Å². The van der Waals surface area contributed by atoms with Crippen molar-refractivity contribution in [3.8, 4) is 6.07 Å². The number of carbonyl (C=O) groups excluding carboxylic acids is 1. The Kier molecular flexibility index (Phi) is 8.04. The SMILES string of the molecule is C=C/C(=C\C=C(/C)C(CC1CC1)C(=O)Nc1ccc(C(=O)O)cc1)c1c(C#N)ccc(Cl)c1F. The van der Waals surface area contributed by atoms with E-state index in [1.54, 1.807) is 24.3 Å². The Labute approximate surface area is 202 Å². The van der Waals surface area contributed by atoms with Crippen LogP contribution in [-0.4, -0.2) is 17.0 Å². The van der Waals surface area contributed by atoms with Gasteiger partial charge in [-0.25, -0.2) is 9.18 Å². The number of rotatable bonds is 9. The van der Waals surface area contributed by atoms with E-state index < -0.39 is 17.7 Å². The van der Waals surface area contributed by atoms with E-state index in [-0.39, 0.29) is 27.6 Å². The average Bonchev–Trinajstić information content (AvgIpc) is 3.65. The summed E-state index contributed by atoms with van der Waals surface area (Å²) in [5, 5.41) is 21.2. The molecule has 1 aliphatic carbocycles. The third kappa shape index (κ3) is 6.00. The van der Waals surface area contributed by atoms with Crippen LogP contribution in [0.25, 0.3) is 5.57 Å². The van der Waals surface area contributed by atoms with Gasteiger partial charge >= 0.3 is 5.97 Å². The zero-order chi connectivity index (χ0) is 24.8. The summed E-state index contributed by atoms with van der Waals surface area (Å²) in [4.78, 5) is 24.1. The summed E-state index contributed by atoms with van der Waals surface area (Å²) < 4.78 is 14.7. The van der Waals surface area contributed by atoms with Crippen LogP contribution in [-0.2, 0) is 4.79 Å². The van der Waals surface area contributed by atoms with Crippen molar-refractivity contribution in [1.29, 1.82) is 5.26 Å². The number of nitrogens with zero attached hydrogens (tertiary/aromatic N) is 1. The number of hydrogen-bond acceptors (Lipinski definition) is 3. The van der Waals surface area contributed by atoms with E-state index in [2.05, 4.69) is 11.9 Å². The number of nitriles is 1. The highest BCUT2D eigenvalue weighted by atomic mass is 35.5. The molecular weight excluding hydrogens is 455 g/mol. The minimum atomic E-state index is -1.04. The van der Waals surface area contributed by atoms with Gasteiger partial charge in [0.1, 0.15) is 0 Å². The number of halogens is 2. The molecule has 5 nitrogen and oxygen atoms in total. The molecule has 7 heteroatoms. The van der Waals surface area contributed by atoms with Crippen LogP contribution < -0.4 is 5.32 Å². The monoisotopic (exact) mass is 478 g/mol. The fourth-order valence-corrected chi connectivity index (χ4v) is 3.79. The van der Waals surface area contributed by atoms with Crippen molar-refractivity contribution in [3.05, 3.63) is 94.3 Å².